The van der Waals surface area contributed by atoms with Gasteiger partial charge in [-0.15, -0.1) is 0 Å². The number of carbonyl (C=O) groups excluding carboxylic acids is 3. The first-order chi connectivity index (χ1) is 16.7. The van der Waals surface area contributed by atoms with Crippen LogP contribution < -0.4 is 21.7 Å². The third-order valence-corrected chi connectivity index (χ3v) is 5.54. The summed E-state index contributed by atoms with van der Waals surface area (Å²) in [4.78, 5) is 51.9. The number of amides is 3. The Morgan fingerprint density at radius 1 is 0.943 bits per heavy atom. The molecule has 1 aromatic heterocycles. The van der Waals surface area contributed by atoms with E-state index in [0.29, 0.717) is 6.42 Å². The number of nitrogens with one attached hydrogen (secondary N) is 4. The molecule has 0 aliphatic carbocycles. The van der Waals surface area contributed by atoms with E-state index in [1.807, 2.05) is 54.6 Å². The van der Waals surface area contributed by atoms with Crippen molar-refractivity contribution in [3.05, 3.63) is 71.9 Å². The van der Waals surface area contributed by atoms with Gasteiger partial charge in [0.2, 0.25) is 17.7 Å². The van der Waals surface area contributed by atoms with Crippen LogP contribution in [0, 0.1) is 0 Å². The molecule has 7 N–H and O–H groups in total. The molecule has 0 saturated heterocycles. The average molecular weight is 480 g/mol. The number of carboxylic acid groups (broad SMARTS) is 1. The number of fused-ring (bicyclic) bond motifs is 1. The van der Waals surface area contributed by atoms with Crippen molar-refractivity contribution >= 4 is 34.6 Å². The molecular weight excluding hydrogens is 450 g/mol. The van der Waals surface area contributed by atoms with E-state index in [2.05, 4.69) is 20.9 Å². The maximum absolute atomic E-state index is 13.0. The summed E-state index contributed by atoms with van der Waals surface area (Å²) in [6, 6.07) is 13.9. The molecule has 1 heterocycles. The molecular formula is C25H29N5O5. The predicted octanol–water partition coefficient (Wildman–Crippen LogP) is 0.471. The fourth-order valence-electron chi connectivity index (χ4n) is 3.61. The van der Waals surface area contributed by atoms with Gasteiger partial charge in [0.25, 0.3) is 0 Å². The number of hydrogen-bond acceptors (Lipinski definition) is 5. The molecule has 3 atom stereocenters. The molecule has 2 aromatic carbocycles. The molecule has 3 amide bonds. The van der Waals surface area contributed by atoms with Gasteiger partial charge in [0, 0.05) is 23.5 Å². The second-order valence-corrected chi connectivity index (χ2v) is 8.27. The molecule has 10 heteroatoms. The number of carbonyl (C=O) groups is 4. The standard InChI is InChI=1S/C25H29N5O5/c1-15(25(34)35)29-22(31)14-28-24(33)21(12-17-13-27-20-10-6-5-9-18(17)20)30-23(32)19(26)11-16-7-3-2-4-8-16/h2-10,13,15,19,21,27H,11-12,14,26H2,1H3,(H,28,33)(H,29,31)(H,30,32)(H,34,35). The van der Waals surface area contributed by atoms with Crippen LogP contribution in [0.1, 0.15) is 18.1 Å². The van der Waals surface area contributed by atoms with Gasteiger partial charge in [-0.2, -0.15) is 0 Å². The van der Waals surface area contributed by atoms with E-state index < -0.39 is 48.4 Å². The summed E-state index contributed by atoms with van der Waals surface area (Å²) in [5, 5.41) is 17.3. The third kappa shape index (κ3) is 7.15. The van der Waals surface area contributed by atoms with Crippen molar-refractivity contribution in [2.75, 3.05) is 6.54 Å². The van der Waals surface area contributed by atoms with Crippen LogP contribution in [0.3, 0.4) is 0 Å². The van der Waals surface area contributed by atoms with Crippen molar-refractivity contribution in [3.63, 3.8) is 0 Å². The maximum atomic E-state index is 13.0. The second kappa shape index (κ2) is 11.8. The van der Waals surface area contributed by atoms with Crippen molar-refractivity contribution in [2.24, 2.45) is 5.73 Å². The first-order valence-corrected chi connectivity index (χ1v) is 11.2. The van der Waals surface area contributed by atoms with Gasteiger partial charge in [0.1, 0.15) is 12.1 Å². The number of nitrogens with two attached hydrogens (primary N) is 1. The number of aliphatic carboxylic acids is 1. The highest BCUT2D eigenvalue weighted by molar-refractivity contribution is 5.93. The molecule has 184 valence electrons. The molecule has 3 unspecified atom stereocenters. The lowest BCUT2D eigenvalue weighted by Gasteiger charge is -2.21. The van der Waals surface area contributed by atoms with Gasteiger partial charge >= 0.3 is 5.97 Å². The van der Waals surface area contributed by atoms with Crippen LogP contribution in [-0.2, 0) is 32.0 Å². The van der Waals surface area contributed by atoms with E-state index in [4.69, 9.17) is 10.8 Å². The molecule has 0 bridgehead atoms. The van der Waals surface area contributed by atoms with Gasteiger partial charge in [-0.25, -0.2) is 0 Å². The lowest BCUT2D eigenvalue weighted by molar-refractivity contribution is -0.141. The Morgan fingerprint density at radius 3 is 2.34 bits per heavy atom. The lowest BCUT2D eigenvalue weighted by atomic mass is 10.0. The Hall–Kier alpha value is -4.18. The van der Waals surface area contributed by atoms with E-state index in [-0.39, 0.29) is 6.42 Å². The van der Waals surface area contributed by atoms with Gasteiger partial charge < -0.3 is 31.8 Å². The minimum absolute atomic E-state index is 0.160. The Kier molecular flexibility index (Phi) is 8.58. The van der Waals surface area contributed by atoms with Crippen LogP contribution in [0.5, 0.6) is 0 Å². The summed E-state index contributed by atoms with van der Waals surface area (Å²) in [6.45, 7) is 0.878. The van der Waals surface area contributed by atoms with Gasteiger partial charge in [-0.05, 0) is 30.5 Å². The van der Waals surface area contributed by atoms with Gasteiger partial charge in [-0.3, -0.25) is 19.2 Å². The van der Waals surface area contributed by atoms with Gasteiger partial charge in [-0.1, -0.05) is 48.5 Å². The van der Waals surface area contributed by atoms with Gasteiger partial charge in [0.05, 0.1) is 12.6 Å². The summed E-state index contributed by atoms with van der Waals surface area (Å²) < 4.78 is 0. The summed E-state index contributed by atoms with van der Waals surface area (Å²) in [5.41, 5.74) is 8.68. The smallest absolute Gasteiger partial charge is 0.325 e. The van der Waals surface area contributed by atoms with E-state index >= 15 is 0 Å². The molecule has 0 aliphatic heterocycles. The molecule has 0 saturated carbocycles. The zero-order chi connectivity index (χ0) is 25.4. The lowest BCUT2D eigenvalue weighted by Crippen LogP contribution is -2.54. The molecule has 3 rings (SSSR count). The Morgan fingerprint density at radius 2 is 1.63 bits per heavy atom. The molecule has 10 nitrogen and oxygen atoms in total. The Balaban J connectivity index is 1.70. The van der Waals surface area contributed by atoms with Crippen LogP contribution in [0.15, 0.2) is 60.8 Å². The SMILES string of the molecule is CC(NC(=O)CNC(=O)C(Cc1c[nH]c2ccccc12)NC(=O)C(N)Cc1ccccc1)C(=O)O. The number of benzene rings is 2. The van der Waals surface area contributed by atoms with E-state index in [9.17, 15) is 19.2 Å². The van der Waals surface area contributed by atoms with Crippen LogP contribution in [0.25, 0.3) is 10.9 Å². The second-order valence-electron chi connectivity index (χ2n) is 8.27. The Bertz CT molecular complexity index is 1190. The third-order valence-electron chi connectivity index (χ3n) is 5.54. The highest BCUT2D eigenvalue weighted by Gasteiger charge is 2.26. The number of aromatic amines is 1. The highest BCUT2D eigenvalue weighted by Crippen LogP contribution is 2.19. The highest BCUT2D eigenvalue weighted by atomic mass is 16.4. The first kappa shape index (κ1) is 25.4. The van der Waals surface area contributed by atoms with Crippen LogP contribution in [0.4, 0.5) is 0 Å². The zero-order valence-electron chi connectivity index (χ0n) is 19.3. The number of rotatable bonds is 11. The Labute approximate surface area is 202 Å². The van der Waals surface area contributed by atoms with Crippen molar-refractivity contribution in [1.82, 2.24) is 20.9 Å². The largest absolute Gasteiger partial charge is 0.480 e. The quantitative estimate of drug-likeness (QED) is 0.234. The van der Waals surface area contributed by atoms with Crippen molar-refractivity contribution in [2.45, 2.75) is 37.9 Å². The zero-order valence-corrected chi connectivity index (χ0v) is 19.3. The number of aromatic nitrogens is 1. The number of H-pyrrole nitrogens is 1. The summed E-state index contributed by atoms with van der Waals surface area (Å²) in [7, 11) is 0. The summed E-state index contributed by atoms with van der Waals surface area (Å²) in [5.74, 6) is -2.95. The van der Waals surface area contributed by atoms with E-state index in [1.165, 1.54) is 6.92 Å². The van der Waals surface area contributed by atoms with E-state index in [1.54, 1.807) is 6.20 Å². The van der Waals surface area contributed by atoms with Crippen LogP contribution in [0.2, 0.25) is 0 Å². The molecule has 0 radical (unpaired) electrons. The predicted molar refractivity (Wildman–Crippen MR) is 130 cm³/mol. The van der Waals surface area contributed by atoms with Crippen LogP contribution >= 0.6 is 0 Å². The minimum Gasteiger partial charge on any atom is -0.480 e. The van der Waals surface area contributed by atoms with Gasteiger partial charge in [0.15, 0.2) is 0 Å². The first-order valence-electron chi connectivity index (χ1n) is 11.2. The number of carboxylic acids is 1. The normalized spacial score (nSPS) is 13.4. The van der Waals surface area contributed by atoms with Crippen LogP contribution in [-0.4, -0.2) is 58.5 Å². The molecule has 3 aromatic rings. The molecule has 0 fully saturated rings. The van der Waals surface area contributed by atoms with E-state index in [0.717, 1.165) is 22.0 Å². The van der Waals surface area contributed by atoms with Crippen molar-refractivity contribution in [3.8, 4) is 0 Å². The average Bonchev–Trinajstić information content (AvgIpc) is 3.25. The van der Waals surface area contributed by atoms with Crippen molar-refractivity contribution < 1.29 is 24.3 Å². The number of hydrogen-bond donors (Lipinski definition) is 6. The molecule has 0 spiro atoms. The minimum atomic E-state index is -1.19. The monoisotopic (exact) mass is 479 g/mol. The molecule has 0 aliphatic rings. The summed E-state index contributed by atoms with van der Waals surface area (Å²) in [6.07, 6.45) is 2.22. The van der Waals surface area contributed by atoms with Crippen molar-refractivity contribution in [1.29, 1.82) is 0 Å². The fraction of sp³-hybridized carbons (Fsp3) is 0.280. The maximum Gasteiger partial charge on any atom is 0.325 e. The topological polar surface area (TPSA) is 166 Å². The fourth-order valence-corrected chi connectivity index (χ4v) is 3.61. The molecule has 35 heavy (non-hydrogen) atoms. The number of para-hydroxylation sites is 1. The summed E-state index contributed by atoms with van der Waals surface area (Å²) >= 11 is 0.